The molecule has 8 nitrogen and oxygen atoms in total. The lowest BCUT2D eigenvalue weighted by Crippen LogP contribution is -2.49. The second kappa shape index (κ2) is 17.6. The summed E-state index contributed by atoms with van der Waals surface area (Å²) in [5.41, 5.74) is 6.52. The summed E-state index contributed by atoms with van der Waals surface area (Å²) in [4.78, 5) is 33.7. The third-order valence-electron chi connectivity index (χ3n) is 12.2. The molecule has 2 amide bonds. The SMILES string of the molecule is Cc1ccc(CN2CC[C@@H](N3CC[C@H](c4ccc(O)cc4)[C@@H](F)C3)C2=O)cc1.Cc1ccc(CN2CC[C@H](N3CC[C@H](c4ccc(O)cc4)[C@@H](F)C3)C2=O)cc1. The quantitative estimate of drug-likeness (QED) is 0.197. The molecule has 10 heteroatoms. The van der Waals surface area contributed by atoms with Crippen LogP contribution in [0.4, 0.5) is 8.78 Å². The molecule has 0 spiro atoms. The van der Waals surface area contributed by atoms with Crippen LogP contribution in [0.5, 0.6) is 11.5 Å². The fraction of sp³-hybridized carbons (Fsp3) is 0.435. The third-order valence-corrected chi connectivity index (χ3v) is 12.2. The highest BCUT2D eigenvalue weighted by molar-refractivity contribution is 5.84. The van der Waals surface area contributed by atoms with E-state index < -0.39 is 12.3 Å². The molecule has 0 unspecified atom stereocenters. The summed E-state index contributed by atoms with van der Waals surface area (Å²) in [6.07, 6.45) is 0.902. The van der Waals surface area contributed by atoms with Gasteiger partial charge in [0.25, 0.3) is 0 Å². The minimum atomic E-state index is -1.00. The predicted molar refractivity (Wildman–Crippen MR) is 214 cm³/mol. The summed E-state index contributed by atoms with van der Waals surface area (Å²) in [7, 11) is 0. The van der Waals surface area contributed by atoms with E-state index in [4.69, 9.17) is 0 Å². The zero-order chi connectivity index (χ0) is 39.3. The van der Waals surface area contributed by atoms with Crippen LogP contribution in [0, 0.1) is 13.8 Å². The topological polar surface area (TPSA) is 87.6 Å². The van der Waals surface area contributed by atoms with Crippen LogP contribution < -0.4 is 0 Å². The lowest BCUT2D eigenvalue weighted by Gasteiger charge is -2.37. The van der Waals surface area contributed by atoms with Gasteiger partial charge >= 0.3 is 0 Å². The van der Waals surface area contributed by atoms with Crippen molar-refractivity contribution in [3.8, 4) is 11.5 Å². The Morgan fingerprint density at radius 3 is 1.21 bits per heavy atom. The highest BCUT2D eigenvalue weighted by Gasteiger charge is 2.42. The van der Waals surface area contributed by atoms with Gasteiger partial charge in [-0.1, -0.05) is 83.9 Å². The van der Waals surface area contributed by atoms with E-state index in [1.54, 1.807) is 48.5 Å². The van der Waals surface area contributed by atoms with Crippen molar-refractivity contribution in [2.24, 2.45) is 0 Å². The number of halogens is 2. The van der Waals surface area contributed by atoms with Crippen LogP contribution in [0.15, 0.2) is 97.1 Å². The van der Waals surface area contributed by atoms with Gasteiger partial charge in [0.15, 0.2) is 0 Å². The van der Waals surface area contributed by atoms with Gasteiger partial charge in [-0.25, -0.2) is 8.78 Å². The van der Waals surface area contributed by atoms with Gasteiger partial charge in [0.2, 0.25) is 11.8 Å². The number of phenolic OH excluding ortho intramolecular Hbond substituents is 2. The first kappa shape index (κ1) is 39.4. The first-order chi connectivity index (χ1) is 27.0. The first-order valence-corrected chi connectivity index (χ1v) is 20.0. The molecule has 0 bridgehead atoms. The molecule has 0 aromatic heterocycles. The summed E-state index contributed by atoms with van der Waals surface area (Å²) in [5.74, 6) is 0.296. The third kappa shape index (κ3) is 9.24. The van der Waals surface area contributed by atoms with E-state index in [0.29, 0.717) is 39.0 Å². The Hall–Kier alpha value is -4.80. The number of carbonyl (C=O) groups excluding carboxylic acids is 2. The zero-order valence-corrected chi connectivity index (χ0v) is 32.4. The van der Waals surface area contributed by atoms with Gasteiger partial charge in [-0.05, 0) is 99.1 Å². The summed E-state index contributed by atoms with van der Waals surface area (Å²) in [6.45, 7) is 8.84. The molecule has 2 N–H and O–H groups in total. The number of likely N-dealkylation sites (tertiary alicyclic amines) is 4. The average Bonchev–Trinajstić information content (AvgIpc) is 3.75. The van der Waals surface area contributed by atoms with E-state index in [0.717, 1.165) is 61.3 Å². The van der Waals surface area contributed by atoms with Crippen LogP contribution >= 0.6 is 0 Å². The molecule has 4 aromatic rings. The smallest absolute Gasteiger partial charge is 0.240 e. The van der Waals surface area contributed by atoms with Crippen molar-refractivity contribution in [3.05, 3.63) is 130 Å². The fourth-order valence-electron chi connectivity index (χ4n) is 8.88. The van der Waals surface area contributed by atoms with Crippen molar-refractivity contribution >= 4 is 11.8 Å². The van der Waals surface area contributed by atoms with Gasteiger partial charge in [-0.3, -0.25) is 19.4 Å². The maximum absolute atomic E-state index is 14.9. The standard InChI is InChI=1S/2C23H27FN2O2/c2*1-16-2-4-17(5-3-16)14-26-13-11-22(23(26)28)25-12-10-20(21(24)15-25)18-6-8-19(27)9-7-18/h2*2-9,20-22,27H,10-15H2,1H3/t20-,21+,22+;20-,21+,22-/m11/s1. The van der Waals surface area contributed by atoms with Gasteiger partial charge in [0, 0.05) is 51.1 Å². The summed E-state index contributed by atoms with van der Waals surface area (Å²) >= 11 is 0. The van der Waals surface area contributed by atoms with Crippen LogP contribution in [0.1, 0.15) is 70.9 Å². The number of hydrogen-bond acceptors (Lipinski definition) is 6. The number of nitrogens with zero attached hydrogens (tertiary/aromatic N) is 4. The molecule has 296 valence electrons. The number of aryl methyl sites for hydroxylation is 2. The molecule has 56 heavy (non-hydrogen) atoms. The second-order valence-corrected chi connectivity index (χ2v) is 16.1. The molecule has 4 aliphatic rings. The van der Waals surface area contributed by atoms with E-state index >= 15 is 0 Å². The minimum Gasteiger partial charge on any atom is -0.508 e. The molecule has 0 saturated carbocycles. The Morgan fingerprint density at radius 1 is 0.518 bits per heavy atom. The van der Waals surface area contributed by atoms with Crippen LogP contribution in [0.3, 0.4) is 0 Å². The van der Waals surface area contributed by atoms with Gasteiger partial charge < -0.3 is 20.0 Å². The highest BCUT2D eigenvalue weighted by Crippen LogP contribution is 2.35. The average molecular weight is 765 g/mol. The van der Waals surface area contributed by atoms with Gasteiger partial charge in [0.1, 0.15) is 23.8 Å². The van der Waals surface area contributed by atoms with E-state index in [2.05, 4.69) is 62.4 Å². The number of phenols is 2. The number of piperidine rings is 2. The molecule has 4 saturated heterocycles. The van der Waals surface area contributed by atoms with Crippen LogP contribution in [-0.4, -0.2) is 105 Å². The summed E-state index contributed by atoms with van der Waals surface area (Å²) < 4.78 is 29.8. The predicted octanol–water partition coefficient (Wildman–Crippen LogP) is 7.26. The van der Waals surface area contributed by atoms with E-state index in [-0.39, 0.29) is 47.2 Å². The second-order valence-electron chi connectivity index (χ2n) is 16.1. The van der Waals surface area contributed by atoms with Crippen molar-refractivity contribution in [1.29, 1.82) is 0 Å². The molecule has 6 atom stereocenters. The number of benzene rings is 4. The van der Waals surface area contributed by atoms with Gasteiger partial charge in [-0.2, -0.15) is 0 Å². The molecule has 4 fully saturated rings. The molecule has 8 rings (SSSR count). The number of hydrogen-bond donors (Lipinski definition) is 2. The van der Waals surface area contributed by atoms with Gasteiger partial charge in [0.05, 0.1) is 12.1 Å². The highest BCUT2D eigenvalue weighted by atomic mass is 19.1. The van der Waals surface area contributed by atoms with E-state index in [9.17, 15) is 28.6 Å². The number of carbonyl (C=O) groups is 2. The number of aromatic hydroxyl groups is 2. The summed E-state index contributed by atoms with van der Waals surface area (Å²) in [6, 6.07) is 29.7. The van der Waals surface area contributed by atoms with Gasteiger partial charge in [-0.15, -0.1) is 0 Å². The fourth-order valence-corrected chi connectivity index (χ4v) is 8.88. The Morgan fingerprint density at radius 2 is 0.875 bits per heavy atom. The number of amides is 2. The zero-order valence-electron chi connectivity index (χ0n) is 32.4. The first-order valence-electron chi connectivity index (χ1n) is 20.0. The number of alkyl halides is 2. The Labute approximate surface area is 329 Å². The largest absolute Gasteiger partial charge is 0.508 e. The summed E-state index contributed by atoms with van der Waals surface area (Å²) in [5, 5.41) is 18.9. The molecule has 4 aromatic carbocycles. The van der Waals surface area contributed by atoms with Crippen molar-refractivity contribution in [3.63, 3.8) is 0 Å². The molecule has 4 heterocycles. The van der Waals surface area contributed by atoms with Crippen molar-refractivity contribution in [1.82, 2.24) is 19.6 Å². The van der Waals surface area contributed by atoms with Crippen molar-refractivity contribution < 1.29 is 28.6 Å². The van der Waals surface area contributed by atoms with E-state index in [1.165, 1.54) is 11.1 Å². The Kier molecular flexibility index (Phi) is 12.4. The number of rotatable bonds is 8. The maximum Gasteiger partial charge on any atom is 0.240 e. The van der Waals surface area contributed by atoms with Crippen molar-refractivity contribution in [2.45, 2.75) is 88.9 Å². The molecule has 4 aliphatic heterocycles. The van der Waals surface area contributed by atoms with Crippen LogP contribution in [0.2, 0.25) is 0 Å². The lowest BCUT2D eigenvalue weighted by molar-refractivity contribution is -0.134. The Bertz CT molecular complexity index is 1780. The van der Waals surface area contributed by atoms with Crippen LogP contribution in [-0.2, 0) is 22.7 Å². The molecular formula is C46H54F2N4O4. The van der Waals surface area contributed by atoms with Crippen LogP contribution in [0.25, 0.3) is 0 Å². The molecule has 0 radical (unpaired) electrons. The lowest BCUT2D eigenvalue weighted by atomic mass is 9.87. The van der Waals surface area contributed by atoms with E-state index in [1.807, 2.05) is 19.6 Å². The minimum absolute atomic E-state index is 0.121. The molecule has 0 aliphatic carbocycles. The normalized spacial score (nSPS) is 26.0. The molecular weight excluding hydrogens is 711 g/mol. The van der Waals surface area contributed by atoms with Crippen molar-refractivity contribution in [2.75, 3.05) is 39.3 Å². The monoisotopic (exact) mass is 764 g/mol. The maximum atomic E-state index is 14.9. The Balaban J connectivity index is 0.000000172.